The summed E-state index contributed by atoms with van der Waals surface area (Å²) >= 11 is 0. The summed E-state index contributed by atoms with van der Waals surface area (Å²) in [6.07, 6.45) is 1.58. The molecule has 0 spiro atoms. The molecule has 0 fully saturated rings. The Labute approximate surface area is 185 Å². The second kappa shape index (κ2) is 11.1. The number of nitrogens with one attached hydrogen (secondary N) is 2. The Morgan fingerprint density at radius 1 is 1.10 bits per heavy atom. The van der Waals surface area contributed by atoms with Crippen LogP contribution in [0.4, 0.5) is 0 Å². The molecule has 1 rings (SSSR count). The molecule has 0 aliphatic heterocycles. The fraction of sp³-hybridized carbons (Fsp3) is 0.542. The summed E-state index contributed by atoms with van der Waals surface area (Å²) in [4.78, 5) is 38.8. The van der Waals surface area contributed by atoms with Gasteiger partial charge in [-0.1, -0.05) is 64.1 Å². The number of carboxylic acid groups (broad SMARTS) is 1. The Kier molecular flexibility index (Phi) is 9.43. The van der Waals surface area contributed by atoms with Crippen LogP contribution in [0.2, 0.25) is 0 Å². The van der Waals surface area contributed by atoms with Gasteiger partial charge in [0.25, 0.3) is 0 Å². The van der Waals surface area contributed by atoms with Gasteiger partial charge >= 0.3 is 5.97 Å². The fourth-order valence-electron chi connectivity index (χ4n) is 3.74. The van der Waals surface area contributed by atoms with Crippen molar-refractivity contribution in [1.82, 2.24) is 15.5 Å². The van der Waals surface area contributed by atoms with Gasteiger partial charge in [0.1, 0.15) is 6.04 Å². The second-order valence-corrected chi connectivity index (χ2v) is 8.88. The average molecular weight is 432 g/mol. The van der Waals surface area contributed by atoms with Gasteiger partial charge in [0.05, 0.1) is 12.1 Å². The lowest BCUT2D eigenvalue weighted by atomic mass is 9.77. The zero-order valence-corrected chi connectivity index (χ0v) is 19.9. The van der Waals surface area contributed by atoms with Gasteiger partial charge in [-0.2, -0.15) is 0 Å². The van der Waals surface area contributed by atoms with Crippen LogP contribution in [-0.2, 0) is 19.8 Å². The second-order valence-electron chi connectivity index (χ2n) is 8.88. The molecule has 0 heterocycles. The SMILES string of the molecule is CNC(C(=O)NC(C)C(=O)N(C)C(/C=C(\C)C(=O)O)C(C)C)C(C)(C)c1ccccc1. The Hall–Kier alpha value is -2.67. The van der Waals surface area contributed by atoms with Crippen LogP contribution in [0.3, 0.4) is 0 Å². The molecule has 31 heavy (non-hydrogen) atoms. The number of amides is 2. The lowest BCUT2D eigenvalue weighted by Gasteiger charge is -2.35. The largest absolute Gasteiger partial charge is 0.478 e. The number of carbonyl (C=O) groups is 3. The van der Waals surface area contributed by atoms with Crippen molar-refractivity contribution in [3.05, 3.63) is 47.5 Å². The number of hydrogen-bond acceptors (Lipinski definition) is 4. The molecule has 0 bridgehead atoms. The molecular formula is C24H37N3O4. The van der Waals surface area contributed by atoms with Crippen molar-refractivity contribution >= 4 is 17.8 Å². The molecule has 7 heteroatoms. The molecule has 3 N–H and O–H groups in total. The van der Waals surface area contributed by atoms with E-state index in [1.54, 1.807) is 27.1 Å². The molecule has 0 aliphatic rings. The summed E-state index contributed by atoms with van der Waals surface area (Å²) in [6, 6.07) is 8.03. The molecule has 0 radical (unpaired) electrons. The minimum atomic E-state index is -1.02. The van der Waals surface area contributed by atoms with Gasteiger partial charge in [-0.3, -0.25) is 9.59 Å². The fourth-order valence-corrected chi connectivity index (χ4v) is 3.74. The lowest BCUT2D eigenvalue weighted by molar-refractivity contribution is -0.137. The first-order valence-corrected chi connectivity index (χ1v) is 10.6. The standard InChI is InChI=1S/C24H37N3O4/c1-15(2)19(14-16(3)23(30)31)27(8)22(29)17(4)26-21(28)20(25-7)24(5,6)18-12-10-9-11-13-18/h9-15,17,19-20,25H,1-8H3,(H,26,28)(H,30,31)/b16-14+. The number of hydrogen-bond donors (Lipinski definition) is 3. The van der Waals surface area contributed by atoms with Gasteiger partial charge in [-0.15, -0.1) is 0 Å². The van der Waals surface area contributed by atoms with Gasteiger partial charge in [-0.05, 0) is 32.4 Å². The molecule has 0 aliphatic carbocycles. The predicted octanol–water partition coefficient (Wildman–Crippen LogP) is 2.57. The number of carboxylic acids is 1. The zero-order valence-electron chi connectivity index (χ0n) is 19.9. The molecule has 3 unspecified atom stereocenters. The van der Waals surface area contributed by atoms with E-state index in [1.807, 2.05) is 58.0 Å². The molecule has 0 saturated heterocycles. The highest BCUT2D eigenvalue weighted by Gasteiger charge is 2.37. The molecule has 2 amide bonds. The van der Waals surface area contributed by atoms with E-state index < -0.39 is 29.5 Å². The van der Waals surface area contributed by atoms with E-state index in [9.17, 15) is 19.5 Å². The molecule has 0 aromatic heterocycles. The molecular weight excluding hydrogens is 394 g/mol. The topological polar surface area (TPSA) is 98.7 Å². The number of rotatable bonds is 10. The summed E-state index contributed by atoms with van der Waals surface area (Å²) in [6.45, 7) is 11.0. The van der Waals surface area contributed by atoms with Gasteiger partial charge in [0.2, 0.25) is 11.8 Å². The maximum absolute atomic E-state index is 13.1. The molecule has 3 atom stereocenters. The lowest BCUT2D eigenvalue weighted by Crippen LogP contribution is -2.58. The Morgan fingerprint density at radius 2 is 1.65 bits per heavy atom. The minimum Gasteiger partial charge on any atom is -0.478 e. The monoisotopic (exact) mass is 431 g/mol. The highest BCUT2D eigenvalue weighted by atomic mass is 16.4. The van der Waals surface area contributed by atoms with Gasteiger partial charge < -0.3 is 20.6 Å². The summed E-state index contributed by atoms with van der Waals surface area (Å²) in [5.41, 5.74) is 0.681. The van der Waals surface area contributed by atoms with Crippen LogP contribution in [-0.4, -0.2) is 60.0 Å². The molecule has 1 aromatic rings. The third-order valence-electron chi connectivity index (χ3n) is 5.76. The van der Waals surface area contributed by atoms with E-state index in [4.69, 9.17) is 0 Å². The number of benzene rings is 1. The third kappa shape index (κ3) is 6.66. The summed E-state index contributed by atoms with van der Waals surface area (Å²) in [5.74, 6) is -1.57. The van der Waals surface area contributed by atoms with Crippen molar-refractivity contribution in [3.63, 3.8) is 0 Å². The number of nitrogens with zero attached hydrogens (tertiary/aromatic N) is 1. The van der Waals surface area contributed by atoms with Crippen LogP contribution in [0.25, 0.3) is 0 Å². The number of likely N-dealkylation sites (N-methyl/N-ethyl adjacent to an activating group) is 2. The van der Waals surface area contributed by atoms with E-state index in [0.29, 0.717) is 0 Å². The molecule has 1 aromatic carbocycles. The molecule has 7 nitrogen and oxygen atoms in total. The van der Waals surface area contributed by atoms with Crippen LogP contribution in [0.1, 0.15) is 47.1 Å². The van der Waals surface area contributed by atoms with Gasteiger partial charge in [0, 0.05) is 18.0 Å². The first-order valence-electron chi connectivity index (χ1n) is 10.6. The van der Waals surface area contributed by atoms with E-state index in [0.717, 1.165) is 5.56 Å². The predicted molar refractivity (Wildman–Crippen MR) is 123 cm³/mol. The molecule has 0 saturated carbocycles. The Balaban J connectivity index is 3.00. The normalized spacial score (nSPS) is 15.2. The molecule has 172 valence electrons. The van der Waals surface area contributed by atoms with E-state index in [2.05, 4.69) is 10.6 Å². The number of carbonyl (C=O) groups excluding carboxylic acids is 2. The van der Waals surface area contributed by atoms with E-state index in [-0.39, 0.29) is 23.3 Å². The van der Waals surface area contributed by atoms with Crippen molar-refractivity contribution < 1.29 is 19.5 Å². The quantitative estimate of drug-likeness (QED) is 0.495. The highest BCUT2D eigenvalue weighted by Crippen LogP contribution is 2.27. The van der Waals surface area contributed by atoms with Gasteiger partial charge in [0.15, 0.2) is 0 Å². The summed E-state index contributed by atoms with van der Waals surface area (Å²) < 4.78 is 0. The first-order chi connectivity index (χ1) is 14.3. The maximum atomic E-state index is 13.1. The third-order valence-corrected chi connectivity index (χ3v) is 5.76. The first kappa shape index (κ1) is 26.4. The highest BCUT2D eigenvalue weighted by molar-refractivity contribution is 5.91. The Morgan fingerprint density at radius 3 is 2.10 bits per heavy atom. The van der Waals surface area contributed by atoms with Crippen LogP contribution in [0, 0.1) is 5.92 Å². The van der Waals surface area contributed by atoms with Crippen LogP contribution in [0.15, 0.2) is 42.0 Å². The van der Waals surface area contributed by atoms with Crippen LogP contribution in [0.5, 0.6) is 0 Å². The van der Waals surface area contributed by atoms with Crippen LogP contribution >= 0.6 is 0 Å². The van der Waals surface area contributed by atoms with E-state index >= 15 is 0 Å². The van der Waals surface area contributed by atoms with Crippen molar-refractivity contribution in [2.45, 2.75) is 65.1 Å². The van der Waals surface area contributed by atoms with Crippen LogP contribution < -0.4 is 10.6 Å². The van der Waals surface area contributed by atoms with Crippen molar-refractivity contribution in [3.8, 4) is 0 Å². The van der Waals surface area contributed by atoms with E-state index in [1.165, 1.54) is 11.8 Å². The van der Waals surface area contributed by atoms with Crippen molar-refractivity contribution in [2.24, 2.45) is 5.92 Å². The van der Waals surface area contributed by atoms with Gasteiger partial charge in [-0.25, -0.2) is 4.79 Å². The Bertz CT molecular complexity index is 802. The minimum absolute atomic E-state index is 0.00761. The van der Waals surface area contributed by atoms with Crippen molar-refractivity contribution in [2.75, 3.05) is 14.1 Å². The average Bonchev–Trinajstić information content (AvgIpc) is 2.71. The summed E-state index contributed by atoms with van der Waals surface area (Å²) in [5, 5.41) is 15.1. The maximum Gasteiger partial charge on any atom is 0.331 e. The van der Waals surface area contributed by atoms with Crippen molar-refractivity contribution in [1.29, 1.82) is 0 Å². The number of aliphatic carboxylic acids is 1. The smallest absolute Gasteiger partial charge is 0.331 e. The zero-order chi connectivity index (χ0) is 23.9. The summed E-state index contributed by atoms with van der Waals surface area (Å²) in [7, 11) is 3.35.